The number of aliphatic hydroxyl groups excluding tert-OH is 2. The molecule has 0 spiro atoms. The molecule has 0 aliphatic carbocycles. The molecule has 1 aliphatic heterocycles. The van der Waals surface area contributed by atoms with E-state index in [4.69, 9.17) is 0 Å². The second kappa shape index (κ2) is 7.22. The molecule has 1 heterocycles. The van der Waals surface area contributed by atoms with Gasteiger partial charge in [0.25, 0.3) is 0 Å². The van der Waals surface area contributed by atoms with E-state index in [1.807, 2.05) is 6.92 Å². The lowest BCUT2D eigenvalue weighted by molar-refractivity contribution is -0.141. The summed E-state index contributed by atoms with van der Waals surface area (Å²) in [6, 6.07) is 10.2. The zero-order valence-corrected chi connectivity index (χ0v) is 17.2. The SMILES string of the molecule is Cc1ccc(S(=O)(=O)N2[C@@H](c3ccc(F)cc3)[C@H](O)[C@H](O)C(C)(C)[C@H]2C)cc1. The number of hydrogen-bond donors (Lipinski definition) is 2. The summed E-state index contributed by atoms with van der Waals surface area (Å²) in [7, 11) is -3.99. The maximum absolute atomic E-state index is 13.6. The molecule has 0 unspecified atom stereocenters. The molecule has 7 heteroatoms. The Balaban J connectivity index is 2.19. The first-order valence-corrected chi connectivity index (χ1v) is 10.6. The van der Waals surface area contributed by atoms with Gasteiger partial charge < -0.3 is 10.2 Å². The van der Waals surface area contributed by atoms with Gasteiger partial charge in [-0.15, -0.1) is 0 Å². The molecule has 0 amide bonds. The second-order valence-electron chi connectivity index (χ2n) is 8.08. The fourth-order valence-corrected chi connectivity index (χ4v) is 5.73. The van der Waals surface area contributed by atoms with Gasteiger partial charge in [0, 0.05) is 11.5 Å². The van der Waals surface area contributed by atoms with Gasteiger partial charge in [0.05, 0.1) is 17.0 Å². The summed E-state index contributed by atoms with van der Waals surface area (Å²) in [5.74, 6) is -0.462. The highest BCUT2D eigenvalue weighted by molar-refractivity contribution is 7.89. The lowest BCUT2D eigenvalue weighted by Gasteiger charge is -2.53. The second-order valence-corrected chi connectivity index (χ2v) is 9.92. The molecule has 0 aromatic heterocycles. The minimum Gasteiger partial charge on any atom is -0.390 e. The third-order valence-electron chi connectivity index (χ3n) is 5.95. The average molecular weight is 408 g/mol. The van der Waals surface area contributed by atoms with Crippen LogP contribution in [0.15, 0.2) is 53.4 Å². The molecule has 5 nitrogen and oxygen atoms in total. The van der Waals surface area contributed by atoms with Crippen molar-refractivity contribution in [1.29, 1.82) is 0 Å². The van der Waals surface area contributed by atoms with Crippen molar-refractivity contribution >= 4 is 10.0 Å². The highest BCUT2D eigenvalue weighted by Crippen LogP contribution is 2.46. The quantitative estimate of drug-likeness (QED) is 0.820. The van der Waals surface area contributed by atoms with Crippen LogP contribution in [-0.2, 0) is 10.0 Å². The van der Waals surface area contributed by atoms with Crippen molar-refractivity contribution in [1.82, 2.24) is 4.31 Å². The van der Waals surface area contributed by atoms with Crippen molar-refractivity contribution < 1.29 is 23.0 Å². The number of sulfonamides is 1. The van der Waals surface area contributed by atoms with Crippen LogP contribution in [0.2, 0.25) is 0 Å². The summed E-state index contributed by atoms with van der Waals surface area (Å²) >= 11 is 0. The number of rotatable bonds is 3. The zero-order chi connectivity index (χ0) is 20.9. The van der Waals surface area contributed by atoms with Gasteiger partial charge in [-0.05, 0) is 43.7 Å². The molecule has 1 saturated heterocycles. The predicted molar refractivity (Wildman–Crippen MR) is 105 cm³/mol. The number of halogens is 1. The molecular weight excluding hydrogens is 381 g/mol. The minimum absolute atomic E-state index is 0.108. The highest BCUT2D eigenvalue weighted by atomic mass is 32.2. The Hall–Kier alpha value is -1.80. The van der Waals surface area contributed by atoms with Crippen molar-refractivity contribution in [2.24, 2.45) is 5.41 Å². The fraction of sp³-hybridized carbons (Fsp3) is 0.429. The Morgan fingerprint density at radius 2 is 1.54 bits per heavy atom. The standard InChI is InChI=1S/C21H26FNO4S/c1-13-5-11-17(12-6-13)28(26,27)23-14(2)21(3,4)20(25)19(24)18(23)15-7-9-16(22)10-8-15/h5-12,14,18-20,24-25H,1-4H3/t14-,18+,19+,20+/m1/s1. The van der Waals surface area contributed by atoms with E-state index in [0.717, 1.165) is 5.56 Å². The van der Waals surface area contributed by atoms with Gasteiger partial charge in [0.2, 0.25) is 10.0 Å². The monoisotopic (exact) mass is 407 g/mol. The van der Waals surface area contributed by atoms with Crippen LogP contribution in [0.3, 0.4) is 0 Å². The topological polar surface area (TPSA) is 77.8 Å². The first-order chi connectivity index (χ1) is 13.0. The van der Waals surface area contributed by atoms with Crippen molar-refractivity contribution in [2.75, 3.05) is 0 Å². The number of aryl methyl sites for hydroxylation is 1. The number of piperidine rings is 1. The molecule has 28 heavy (non-hydrogen) atoms. The van der Waals surface area contributed by atoms with Gasteiger partial charge in [-0.3, -0.25) is 0 Å². The summed E-state index contributed by atoms with van der Waals surface area (Å²) in [6.07, 6.45) is -2.51. The van der Waals surface area contributed by atoms with E-state index in [1.165, 1.54) is 40.7 Å². The Bertz CT molecular complexity index is 941. The minimum atomic E-state index is -3.99. The maximum atomic E-state index is 13.6. The van der Waals surface area contributed by atoms with Crippen molar-refractivity contribution in [3.05, 3.63) is 65.5 Å². The third-order valence-corrected chi connectivity index (χ3v) is 7.92. The molecule has 0 radical (unpaired) electrons. The number of hydrogen-bond acceptors (Lipinski definition) is 4. The van der Waals surface area contributed by atoms with E-state index in [2.05, 4.69) is 0 Å². The molecule has 3 rings (SSSR count). The predicted octanol–water partition coefficient (Wildman–Crippen LogP) is 3.02. The average Bonchev–Trinajstić information content (AvgIpc) is 2.64. The fourth-order valence-electron chi connectivity index (χ4n) is 3.77. The van der Waals surface area contributed by atoms with E-state index in [-0.39, 0.29) is 4.90 Å². The molecule has 4 atom stereocenters. The first-order valence-electron chi connectivity index (χ1n) is 9.19. The van der Waals surface area contributed by atoms with Gasteiger partial charge in [0.1, 0.15) is 11.9 Å². The van der Waals surface area contributed by atoms with Gasteiger partial charge >= 0.3 is 0 Å². The van der Waals surface area contributed by atoms with Crippen LogP contribution in [-0.4, -0.2) is 41.2 Å². The Morgan fingerprint density at radius 3 is 2.07 bits per heavy atom. The molecule has 152 valence electrons. The van der Waals surface area contributed by atoms with Gasteiger partial charge in [0.15, 0.2) is 0 Å². The molecule has 2 N–H and O–H groups in total. The molecule has 1 aliphatic rings. The largest absolute Gasteiger partial charge is 0.390 e. The lowest BCUT2D eigenvalue weighted by Crippen LogP contribution is -2.64. The molecule has 2 aromatic carbocycles. The van der Waals surface area contributed by atoms with Crippen molar-refractivity contribution in [3.8, 4) is 0 Å². The van der Waals surface area contributed by atoms with E-state index >= 15 is 0 Å². The van der Waals surface area contributed by atoms with Crippen LogP contribution < -0.4 is 0 Å². The highest BCUT2D eigenvalue weighted by Gasteiger charge is 2.55. The van der Waals surface area contributed by atoms with E-state index in [9.17, 15) is 23.0 Å². The van der Waals surface area contributed by atoms with Crippen LogP contribution >= 0.6 is 0 Å². The van der Waals surface area contributed by atoms with Gasteiger partial charge in [-0.25, -0.2) is 12.8 Å². The summed E-state index contributed by atoms with van der Waals surface area (Å²) in [4.78, 5) is 0.108. The van der Waals surface area contributed by atoms with Crippen molar-refractivity contribution in [2.45, 2.75) is 56.9 Å². The Labute approximate surface area is 165 Å². The van der Waals surface area contributed by atoms with E-state index in [1.54, 1.807) is 32.9 Å². The molecule has 1 fully saturated rings. The van der Waals surface area contributed by atoms with Crippen LogP contribution in [0.1, 0.15) is 37.9 Å². The maximum Gasteiger partial charge on any atom is 0.243 e. The number of nitrogens with zero attached hydrogens (tertiary/aromatic N) is 1. The summed E-state index contributed by atoms with van der Waals surface area (Å²) in [5, 5.41) is 21.6. The normalized spacial score (nSPS) is 28.2. The smallest absolute Gasteiger partial charge is 0.243 e. The zero-order valence-electron chi connectivity index (χ0n) is 16.4. The molecule has 0 bridgehead atoms. The summed E-state index contributed by atoms with van der Waals surface area (Å²) < 4.78 is 41.8. The lowest BCUT2D eigenvalue weighted by atomic mass is 9.71. The van der Waals surface area contributed by atoms with Gasteiger partial charge in [-0.2, -0.15) is 4.31 Å². The Morgan fingerprint density at radius 1 is 1.00 bits per heavy atom. The first kappa shape index (κ1) is 20.9. The van der Waals surface area contributed by atoms with E-state index in [0.29, 0.717) is 5.56 Å². The van der Waals surface area contributed by atoms with Crippen molar-refractivity contribution in [3.63, 3.8) is 0 Å². The third kappa shape index (κ3) is 3.37. The van der Waals surface area contributed by atoms with Crippen LogP contribution in [0.5, 0.6) is 0 Å². The van der Waals surface area contributed by atoms with E-state index < -0.39 is 45.5 Å². The van der Waals surface area contributed by atoms with Gasteiger partial charge in [-0.1, -0.05) is 43.7 Å². The van der Waals surface area contributed by atoms with Crippen LogP contribution in [0.4, 0.5) is 4.39 Å². The summed E-state index contributed by atoms with van der Waals surface area (Å²) in [5.41, 5.74) is 0.454. The van der Waals surface area contributed by atoms with Crippen LogP contribution in [0, 0.1) is 18.2 Å². The molecule has 2 aromatic rings. The molecule has 0 saturated carbocycles. The Kier molecular flexibility index (Phi) is 5.40. The van der Waals surface area contributed by atoms with Crippen LogP contribution in [0.25, 0.3) is 0 Å². The molecular formula is C21H26FNO4S. The number of benzene rings is 2. The number of aliphatic hydroxyl groups is 2. The summed E-state index contributed by atoms with van der Waals surface area (Å²) in [6.45, 7) is 7.04.